The number of hydrogen-bond donors (Lipinski definition) is 1. The summed E-state index contributed by atoms with van der Waals surface area (Å²) in [6.45, 7) is 7.84. The molecule has 0 spiro atoms. The van der Waals surface area contributed by atoms with E-state index < -0.39 is 10.0 Å². The molecular formula is C24H30N4O3S. The molecule has 8 heteroatoms. The average Bonchev–Trinajstić information content (AvgIpc) is 3.29. The van der Waals surface area contributed by atoms with Crippen LogP contribution in [0.4, 0.5) is 0 Å². The minimum absolute atomic E-state index is 0.192. The molecule has 1 fully saturated rings. The van der Waals surface area contributed by atoms with Crippen LogP contribution in [0.2, 0.25) is 0 Å². The Hall–Kier alpha value is -2.55. The zero-order valence-corrected chi connectivity index (χ0v) is 19.4. The highest BCUT2D eigenvalue weighted by Crippen LogP contribution is 2.24. The van der Waals surface area contributed by atoms with Gasteiger partial charge in [-0.2, -0.15) is 4.98 Å². The van der Waals surface area contributed by atoms with Crippen molar-refractivity contribution < 1.29 is 12.9 Å². The average molecular weight is 455 g/mol. The van der Waals surface area contributed by atoms with Gasteiger partial charge in [-0.15, -0.1) is 0 Å². The summed E-state index contributed by atoms with van der Waals surface area (Å²) < 4.78 is 33.7. The van der Waals surface area contributed by atoms with Crippen molar-refractivity contribution in [3.63, 3.8) is 0 Å². The van der Waals surface area contributed by atoms with E-state index in [1.54, 1.807) is 24.3 Å². The van der Waals surface area contributed by atoms with Crippen LogP contribution in [-0.4, -0.2) is 49.6 Å². The van der Waals surface area contributed by atoms with E-state index in [1.807, 2.05) is 31.2 Å². The highest BCUT2D eigenvalue weighted by Gasteiger charge is 2.18. The van der Waals surface area contributed by atoms with Gasteiger partial charge in [-0.05, 0) is 69.9 Å². The summed E-state index contributed by atoms with van der Waals surface area (Å²) in [5.74, 6) is 1.55. The van der Waals surface area contributed by atoms with Crippen LogP contribution in [-0.2, 0) is 10.0 Å². The van der Waals surface area contributed by atoms with Gasteiger partial charge < -0.3 is 9.42 Å². The minimum atomic E-state index is -3.61. The second-order valence-corrected chi connectivity index (χ2v) is 10.4. The Balaban J connectivity index is 1.38. The predicted molar refractivity (Wildman–Crippen MR) is 125 cm³/mol. The number of benzene rings is 2. The number of aromatic nitrogens is 2. The zero-order valence-electron chi connectivity index (χ0n) is 18.6. The first-order valence-corrected chi connectivity index (χ1v) is 12.6. The largest absolute Gasteiger partial charge is 0.334 e. The van der Waals surface area contributed by atoms with Gasteiger partial charge in [0, 0.05) is 17.7 Å². The van der Waals surface area contributed by atoms with Gasteiger partial charge >= 0.3 is 0 Å². The van der Waals surface area contributed by atoms with Crippen molar-refractivity contribution in [3.05, 3.63) is 54.1 Å². The number of rotatable bonds is 8. The summed E-state index contributed by atoms with van der Waals surface area (Å²) in [4.78, 5) is 7.04. The van der Waals surface area contributed by atoms with Crippen molar-refractivity contribution in [1.29, 1.82) is 0 Å². The van der Waals surface area contributed by atoms with Gasteiger partial charge in [0.05, 0.1) is 4.90 Å². The third kappa shape index (κ3) is 5.62. The van der Waals surface area contributed by atoms with Crippen LogP contribution in [0.5, 0.6) is 0 Å². The fraction of sp³-hybridized carbons (Fsp3) is 0.417. The van der Waals surface area contributed by atoms with Crippen LogP contribution >= 0.6 is 0 Å². The standard InChI is InChI=1S/C24H30N4O3S/c1-18-7-9-20(10-8-18)23-26-24(31-27-23)21-5-3-6-22(17-21)32(29,30)25-13-4-14-28-15-11-19(2)12-16-28/h3,5-10,17,19,25H,4,11-16H2,1-2H3. The number of piperidine rings is 1. The van der Waals surface area contributed by atoms with Crippen LogP contribution in [0.3, 0.4) is 0 Å². The highest BCUT2D eigenvalue weighted by molar-refractivity contribution is 7.89. The smallest absolute Gasteiger partial charge is 0.258 e. The van der Waals surface area contributed by atoms with Gasteiger partial charge in [-0.1, -0.05) is 48.0 Å². The molecule has 1 N–H and O–H groups in total. The summed E-state index contributed by atoms with van der Waals surface area (Å²) >= 11 is 0. The summed E-state index contributed by atoms with van der Waals surface area (Å²) in [5.41, 5.74) is 2.56. The molecule has 2 heterocycles. The molecule has 0 aliphatic carbocycles. The summed E-state index contributed by atoms with van der Waals surface area (Å²) in [7, 11) is -3.61. The number of likely N-dealkylation sites (tertiary alicyclic amines) is 1. The van der Waals surface area contributed by atoms with Gasteiger partial charge in [-0.3, -0.25) is 0 Å². The highest BCUT2D eigenvalue weighted by atomic mass is 32.2. The number of hydrogen-bond acceptors (Lipinski definition) is 6. The molecule has 1 aliphatic rings. The third-order valence-electron chi connectivity index (χ3n) is 5.95. The lowest BCUT2D eigenvalue weighted by molar-refractivity contribution is 0.191. The van der Waals surface area contributed by atoms with Crippen molar-refractivity contribution >= 4 is 10.0 Å². The van der Waals surface area contributed by atoms with Crippen molar-refractivity contribution in [2.24, 2.45) is 5.92 Å². The maximum atomic E-state index is 12.8. The Morgan fingerprint density at radius 2 is 1.84 bits per heavy atom. The molecule has 32 heavy (non-hydrogen) atoms. The molecule has 2 aromatic carbocycles. The molecule has 0 atom stereocenters. The van der Waals surface area contributed by atoms with Crippen molar-refractivity contribution in [3.8, 4) is 22.8 Å². The lowest BCUT2D eigenvalue weighted by atomic mass is 9.99. The summed E-state index contributed by atoms with van der Waals surface area (Å²) in [5, 5.41) is 4.04. The Kier molecular flexibility index (Phi) is 7.03. The SMILES string of the molecule is Cc1ccc(-c2noc(-c3cccc(S(=O)(=O)NCCCN4CCC(C)CC4)c3)n2)cc1. The normalized spacial score (nSPS) is 15.8. The first kappa shape index (κ1) is 22.6. The molecule has 0 bridgehead atoms. The van der Waals surface area contributed by atoms with E-state index in [9.17, 15) is 8.42 Å². The van der Waals surface area contributed by atoms with E-state index in [0.717, 1.165) is 43.1 Å². The van der Waals surface area contributed by atoms with Gasteiger partial charge in [0.25, 0.3) is 5.89 Å². The van der Waals surface area contributed by atoms with Crippen LogP contribution in [0.25, 0.3) is 22.8 Å². The maximum Gasteiger partial charge on any atom is 0.258 e. The second kappa shape index (κ2) is 9.94. The van der Waals surface area contributed by atoms with Crippen molar-refractivity contribution in [1.82, 2.24) is 19.8 Å². The summed E-state index contributed by atoms with van der Waals surface area (Å²) in [6.07, 6.45) is 3.23. The van der Waals surface area contributed by atoms with Gasteiger partial charge in [0.2, 0.25) is 15.8 Å². The number of aryl methyl sites for hydroxylation is 1. The maximum absolute atomic E-state index is 12.8. The van der Waals surface area contributed by atoms with Gasteiger partial charge in [0.1, 0.15) is 0 Å². The van der Waals surface area contributed by atoms with E-state index >= 15 is 0 Å². The number of nitrogens with one attached hydrogen (secondary N) is 1. The topological polar surface area (TPSA) is 88.3 Å². The second-order valence-electron chi connectivity index (χ2n) is 8.59. The van der Waals surface area contributed by atoms with E-state index in [1.165, 1.54) is 12.8 Å². The molecule has 0 unspecified atom stereocenters. The lowest BCUT2D eigenvalue weighted by Gasteiger charge is -2.30. The van der Waals surface area contributed by atoms with Crippen LogP contribution in [0.1, 0.15) is 31.7 Å². The monoisotopic (exact) mass is 454 g/mol. The molecule has 1 aromatic heterocycles. The van der Waals surface area contributed by atoms with Gasteiger partial charge in [0.15, 0.2) is 0 Å². The summed E-state index contributed by atoms with van der Waals surface area (Å²) in [6, 6.07) is 14.4. The molecule has 0 radical (unpaired) electrons. The molecule has 170 valence electrons. The predicted octanol–water partition coefficient (Wildman–Crippen LogP) is 4.11. The number of nitrogens with zero attached hydrogens (tertiary/aromatic N) is 3. The Morgan fingerprint density at radius 1 is 1.09 bits per heavy atom. The molecule has 1 aliphatic heterocycles. The van der Waals surface area contributed by atoms with E-state index in [0.29, 0.717) is 17.9 Å². The van der Waals surface area contributed by atoms with Crippen molar-refractivity contribution in [2.45, 2.75) is 38.0 Å². The van der Waals surface area contributed by atoms with Crippen molar-refractivity contribution in [2.75, 3.05) is 26.2 Å². The Bertz CT molecular complexity index is 1130. The van der Waals surface area contributed by atoms with E-state index in [-0.39, 0.29) is 10.8 Å². The molecular weight excluding hydrogens is 424 g/mol. The van der Waals surface area contributed by atoms with Gasteiger partial charge in [-0.25, -0.2) is 13.1 Å². The zero-order chi connectivity index (χ0) is 22.6. The fourth-order valence-corrected chi connectivity index (χ4v) is 4.95. The minimum Gasteiger partial charge on any atom is -0.334 e. The number of sulfonamides is 1. The third-order valence-corrected chi connectivity index (χ3v) is 7.41. The molecule has 0 saturated carbocycles. The van der Waals surface area contributed by atoms with Crippen LogP contribution in [0, 0.1) is 12.8 Å². The Morgan fingerprint density at radius 3 is 2.59 bits per heavy atom. The molecule has 0 amide bonds. The van der Waals surface area contributed by atoms with E-state index in [4.69, 9.17) is 4.52 Å². The van der Waals surface area contributed by atoms with Crippen LogP contribution < -0.4 is 4.72 Å². The quantitative estimate of drug-likeness (QED) is 0.515. The Labute approximate surface area is 189 Å². The lowest BCUT2D eigenvalue weighted by Crippen LogP contribution is -2.35. The molecule has 1 saturated heterocycles. The molecule has 4 rings (SSSR count). The first-order chi connectivity index (χ1) is 15.4. The van der Waals surface area contributed by atoms with Crippen LogP contribution in [0.15, 0.2) is 57.9 Å². The fourth-order valence-electron chi connectivity index (χ4n) is 3.84. The molecule has 3 aromatic rings. The first-order valence-electron chi connectivity index (χ1n) is 11.1. The molecule has 7 nitrogen and oxygen atoms in total. The van der Waals surface area contributed by atoms with E-state index in [2.05, 4.69) is 26.7 Å².